The van der Waals surface area contributed by atoms with Crippen LogP contribution in [0.4, 0.5) is 17.3 Å². The first-order valence-corrected chi connectivity index (χ1v) is 13.3. The third-order valence-corrected chi connectivity index (χ3v) is 7.35. The zero-order valence-electron chi connectivity index (χ0n) is 21.8. The maximum Gasteiger partial charge on any atom is 0.255 e. The Morgan fingerprint density at radius 2 is 1.89 bits per heavy atom. The van der Waals surface area contributed by atoms with Gasteiger partial charge in [0.15, 0.2) is 0 Å². The van der Waals surface area contributed by atoms with Crippen LogP contribution in [-0.2, 0) is 6.54 Å². The van der Waals surface area contributed by atoms with Gasteiger partial charge >= 0.3 is 0 Å². The van der Waals surface area contributed by atoms with E-state index in [4.69, 9.17) is 4.98 Å². The van der Waals surface area contributed by atoms with Gasteiger partial charge < -0.3 is 20.9 Å². The largest absolute Gasteiger partial charge is 0.324 e. The average molecular weight is 500 g/mol. The monoisotopic (exact) mass is 499 g/mol. The molecule has 3 heterocycles. The molecule has 0 saturated carbocycles. The van der Waals surface area contributed by atoms with Crippen molar-refractivity contribution in [3.8, 4) is 0 Å². The molecule has 194 valence electrons. The molecule has 5 rings (SSSR count). The van der Waals surface area contributed by atoms with Gasteiger partial charge in [0.1, 0.15) is 0 Å². The van der Waals surface area contributed by atoms with Crippen LogP contribution >= 0.6 is 0 Å². The molecule has 0 radical (unpaired) electrons. The fourth-order valence-corrected chi connectivity index (χ4v) is 4.95. The van der Waals surface area contributed by atoms with Crippen molar-refractivity contribution >= 4 is 23.2 Å². The van der Waals surface area contributed by atoms with Crippen molar-refractivity contribution in [1.82, 2.24) is 25.1 Å². The van der Waals surface area contributed by atoms with Crippen molar-refractivity contribution in [3.05, 3.63) is 77.1 Å². The van der Waals surface area contributed by atoms with Gasteiger partial charge in [0, 0.05) is 68.3 Å². The summed E-state index contributed by atoms with van der Waals surface area (Å²) < 4.78 is 0. The van der Waals surface area contributed by atoms with Crippen molar-refractivity contribution < 1.29 is 4.79 Å². The smallest absolute Gasteiger partial charge is 0.255 e. The highest BCUT2D eigenvalue weighted by atomic mass is 16.1. The molecule has 2 aliphatic heterocycles. The molecular formula is C29H37N7O. The molecule has 0 aliphatic carbocycles. The maximum atomic E-state index is 12.9. The van der Waals surface area contributed by atoms with Crippen molar-refractivity contribution in [2.45, 2.75) is 32.2 Å². The van der Waals surface area contributed by atoms with E-state index in [0.29, 0.717) is 17.4 Å². The Bertz CT molecular complexity index is 1200. The molecule has 2 aliphatic rings. The first-order chi connectivity index (χ1) is 18.0. The van der Waals surface area contributed by atoms with E-state index in [1.165, 1.54) is 5.56 Å². The molecule has 37 heavy (non-hydrogen) atoms. The molecule has 2 saturated heterocycles. The van der Waals surface area contributed by atoms with Gasteiger partial charge in [-0.25, -0.2) is 9.97 Å². The zero-order valence-corrected chi connectivity index (χ0v) is 21.8. The number of hydrogen-bond acceptors (Lipinski definition) is 7. The Balaban J connectivity index is 1.21. The van der Waals surface area contributed by atoms with Crippen molar-refractivity contribution in [2.75, 3.05) is 56.9 Å². The van der Waals surface area contributed by atoms with Gasteiger partial charge in [-0.2, -0.15) is 0 Å². The molecule has 2 aromatic carbocycles. The highest BCUT2D eigenvalue weighted by molar-refractivity contribution is 6.04. The van der Waals surface area contributed by atoms with Crippen LogP contribution in [-0.4, -0.2) is 72.0 Å². The second-order valence-electron chi connectivity index (χ2n) is 10.2. The van der Waals surface area contributed by atoms with Crippen LogP contribution in [0.5, 0.6) is 0 Å². The fraction of sp³-hybridized carbons (Fsp3) is 0.414. The Labute approximate surface area is 219 Å². The van der Waals surface area contributed by atoms with E-state index in [-0.39, 0.29) is 5.91 Å². The highest BCUT2D eigenvalue weighted by Crippen LogP contribution is 2.26. The normalized spacial score (nSPS) is 18.9. The number of aromatic nitrogens is 2. The van der Waals surface area contributed by atoms with Crippen molar-refractivity contribution in [2.24, 2.45) is 0 Å². The van der Waals surface area contributed by atoms with E-state index >= 15 is 0 Å². The number of carbonyl (C=O) groups excluding carboxylic acids is 1. The van der Waals surface area contributed by atoms with Crippen LogP contribution in [0.25, 0.3) is 0 Å². The third-order valence-electron chi connectivity index (χ3n) is 7.35. The van der Waals surface area contributed by atoms with E-state index in [2.05, 4.69) is 49.9 Å². The Kier molecular flexibility index (Phi) is 8.08. The van der Waals surface area contributed by atoms with E-state index < -0.39 is 0 Å². The second-order valence-corrected chi connectivity index (χ2v) is 10.2. The van der Waals surface area contributed by atoms with Crippen LogP contribution < -0.4 is 16.0 Å². The van der Waals surface area contributed by atoms with Crippen LogP contribution in [0.3, 0.4) is 0 Å². The van der Waals surface area contributed by atoms with Gasteiger partial charge in [0.05, 0.1) is 5.69 Å². The average Bonchev–Trinajstić information content (AvgIpc) is 2.93. The summed E-state index contributed by atoms with van der Waals surface area (Å²) in [7, 11) is 2.17. The number of aryl methyl sites for hydroxylation is 1. The lowest BCUT2D eigenvalue weighted by Crippen LogP contribution is -2.43. The number of amides is 1. The third kappa shape index (κ3) is 6.71. The molecule has 2 fully saturated rings. The number of anilines is 3. The fourth-order valence-electron chi connectivity index (χ4n) is 4.95. The number of piperazine rings is 1. The van der Waals surface area contributed by atoms with Gasteiger partial charge in [-0.1, -0.05) is 18.2 Å². The minimum absolute atomic E-state index is 0.121. The zero-order chi connectivity index (χ0) is 25.6. The minimum atomic E-state index is -0.121. The van der Waals surface area contributed by atoms with Crippen molar-refractivity contribution in [1.29, 1.82) is 0 Å². The van der Waals surface area contributed by atoms with Crippen molar-refractivity contribution in [3.63, 3.8) is 0 Å². The summed E-state index contributed by atoms with van der Waals surface area (Å²) in [5.41, 5.74) is 5.59. The number of piperidine rings is 1. The van der Waals surface area contributed by atoms with E-state index in [9.17, 15) is 4.79 Å². The molecule has 8 nitrogen and oxygen atoms in total. The standard InChI is InChI=1S/C29H37N7O/c1-21-5-10-25(18-27(21)34-29-31-13-11-26(33-29)24-4-3-12-30-19-24)32-28(37)23-8-6-22(7-9-23)20-36-16-14-35(2)15-17-36/h5-11,13,18,24,30H,3-4,12,14-17,19-20H2,1-2H3,(H,32,37)(H,31,33,34). The molecule has 3 aromatic rings. The first kappa shape index (κ1) is 25.3. The van der Waals surface area contributed by atoms with Crippen LogP contribution in [0, 0.1) is 6.92 Å². The molecule has 1 amide bonds. The Morgan fingerprint density at radius 1 is 1.08 bits per heavy atom. The number of nitrogens with zero attached hydrogens (tertiary/aromatic N) is 4. The van der Waals surface area contributed by atoms with Gasteiger partial charge in [-0.3, -0.25) is 9.69 Å². The second kappa shape index (κ2) is 11.8. The predicted molar refractivity (Wildman–Crippen MR) is 149 cm³/mol. The number of benzene rings is 2. The summed E-state index contributed by atoms with van der Waals surface area (Å²) in [6.07, 6.45) is 4.12. The minimum Gasteiger partial charge on any atom is -0.324 e. The summed E-state index contributed by atoms with van der Waals surface area (Å²) in [5.74, 6) is 0.867. The van der Waals surface area contributed by atoms with Crippen LogP contribution in [0.1, 0.15) is 45.9 Å². The molecule has 1 aromatic heterocycles. The van der Waals surface area contributed by atoms with Crippen LogP contribution in [0.15, 0.2) is 54.7 Å². The Morgan fingerprint density at radius 3 is 2.65 bits per heavy atom. The summed E-state index contributed by atoms with van der Waals surface area (Å²) in [6.45, 7) is 9.34. The Hall–Kier alpha value is -3.33. The molecule has 8 heteroatoms. The molecule has 3 N–H and O–H groups in total. The maximum absolute atomic E-state index is 12.9. The lowest BCUT2D eigenvalue weighted by Gasteiger charge is -2.32. The molecule has 1 unspecified atom stereocenters. The summed E-state index contributed by atoms with van der Waals surface area (Å²) >= 11 is 0. The number of likely N-dealkylation sites (N-methyl/N-ethyl adjacent to an activating group) is 1. The van der Waals surface area contributed by atoms with Gasteiger partial charge in [0.25, 0.3) is 5.91 Å². The van der Waals surface area contributed by atoms with Gasteiger partial charge in [-0.15, -0.1) is 0 Å². The lowest BCUT2D eigenvalue weighted by atomic mass is 9.96. The number of carbonyl (C=O) groups is 1. The van der Waals surface area contributed by atoms with E-state index in [1.54, 1.807) is 0 Å². The predicted octanol–water partition coefficient (Wildman–Crippen LogP) is 4.00. The van der Waals surface area contributed by atoms with Gasteiger partial charge in [0.2, 0.25) is 5.95 Å². The van der Waals surface area contributed by atoms with Gasteiger partial charge in [-0.05, 0) is 74.8 Å². The first-order valence-electron chi connectivity index (χ1n) is 13.3. The molecule has 0 bridgehead atoms. The molecule has 1 atom stereocenters. The summed E-state index contributed by atoms with van der Waals surface area (Å²) in [5, 5.41) is 9.84. The summed E-state index contributed by atoms with van der Waals surface area (Å²) in [6, 6.07) is 15.8. The number of hydrogen-bond donors (Lipinski definition) is 3. The number of nitrogens with one attached hydrogen (secondary N) is 3. The molecular weight excluding hydrogens is 462 g/mol. The molecule has 0 spiro atoms. The lowest BCUT2D eigenvalue weighted by molar-refractivity contribution is 0.102. The van der Waals surface area contributed by atoms with Crippen LogP contribution in [0.2, 0.25) is 0 Å². The van der Waals surface area contributed by atoms with E-state index in [0.717, 1.165) is 81.3 Å². The van der Waals surface area contributed by atoms with E-state index in [1.807, 2.05) is 49.5 Å². The SMILES string of the molecule is Cc1ccc(NC(=O)c2ccc(CN3CCN(C)CC3)cc2)cc1Nc1nccc(C2CCCNC2)n1. The summed E-state index contributed by atoms with van der Waals surface area (Å²) in [4.78, 5) is 27.0. The number of rotatable bonds is 7. The quantitative estimate of drug-likeness (QED) is 0.453. The topological polar surface area (TPSA) is 85.4 Å². The highest BCUT2D eigenvalue weighted by Gasteiger charge is 2.18.